The molecule has 0 unspecified atom stereocenters. The van der Waals surface area contributed by atoms with Gasteiger partial charge in [-0.15, -0.1) is 0 Å². The zero-order valence-electron chi connectivity index (χ0n) is 18.3. The molecule has 0 aliphatic rings. The van der Waals surface area contributed by atoms with Gasteiger partial charge in [-0.3, -0.25) is 4.79 Å². The maximum Gasteiger partial charge on any atom is 0.243 e. The lowest BCUT2D eigenvalue weighted by molar-refractivity contribution is -0.116. The minimum absolute atomic E-state index is 0.0428. The van der Waals surface area contributed by atoms with Crippen LogP contribution in [0.5, 0.6) is 0 Å². The molecule has 0 saturated carbocycles. The van der Waals surface area contributed by atoms with E-state index >= 15 is 0 Å². The summed E-state index contributed by atoms with van der Waals surface area (Å²) in [5.41, 5.74) is 3.94. The molecule has 0 saturated heterocycles. The number of aryl methyl sites for hydroxylation is 3. The van der Waals surface area contributed by atoms with Crippen LogP contribution in [0.1, 0.15) is 22.3 Å². The molecule has 0 atom stereocenters. The van der Waals surface area contributed by atoms with E-state index in [2.05, 4.69) is 21.2 Å². The van der Waals surface area contributed by atoms with Crippen LogP contribution in [0.15, 0.2) is 64.0 Å². The van der Waals surface area contributed by atoms with Gasteiger partial charge in [0.1, 0.15) is 0 Å². The first-order chi connectivity index (χ1) is 15.5. The highest BCUT2D eigenvalue weighted by atomic mass is 79.9. The van der Waals surface area contributed by atoms with Crippen molar-refractivity contribution in [1.82, 2.24) is 4.31 Å². The maximum absolute atomic E-state index is 13.4. The number of rotatable bonds is 7. The van der Waals surface area contributed by atoms with Crippen molar-refractivity contribution < 1.29 is 13.2 Å². The van der Waals surface area contributed by atoms with Gasteiger partial charge in [0.15, 0.2) is 0 Å². The number of sulfonamides is 1. The van der Waals surface area contributed by atoms with Crippen LogP contribution in [0.2, 0.25) is 10.0 Å². The first kappa shape index (κ1) is 25.7. The highest BCUT2D eigenvalue weighted by Crippen LogP contribution is 2.27. The van der Waals surface area contributed by atoms with E-state index in [-0.39, 0.29) is 18.0 Å². The van der Waals surface area contributed by atoms with Crippen LogP contribution in [-0.4, -0.2) is 25.2 Å². The van der Waals surface area contributed by atoms with E-state index in [0.717, 1.165) is 25.5 Å². The topological polar surface area (TPSA) is 66.5 Å². The van der Waals surface area contributed by atoms with Gasteiger partial charge in [0, 0.05) is 16.7 Å². The van der Waals surface area contributed by atoms with E-state index in [4.69, 9.17) is 23.2 Å². The normalized spacial score (nSPS) is 11.6. The van der Waals surface area contributed by atoms with Crippen molar-refractivity contribution >= 4 is 60.7 Å². The Hall–Kier alpha value is -1.90. The number of nitrogens with zero attached hydrogens (tertiary/aromatic N) is 1. The van der Waals surface area contributed by atoms with Crippen LogP contribution in [0.4, 0.5) is 5.69 Å². The highest BCUT2D eigenvalue weighted by molar-refractivity contribution is 9.10. The Morgan fingerprint density at radius 2 is 1.55 bits per heavy atom. The quantitative estimate of drug-likeness (QED) is 0.352. The van der Waals surface area contributed by atoms with E-state index in [1.807, 2.05) is 32.9 Å². The summed E-state index contributed by atoms with van der Waals surface area (Å²) in [6.45, 7) is 5.22. The van der Waals surface area contributed by atoms with Gasteiger partial charge in [-0.2, -0.15) is 4.31 Å². The Morgan fingerprint density at radius 3 is 2.12 bits per heavy atom. The van der Waals surface area contributed by atoms with E-state index in [1.165, 1.54) is 12.1 Å². The number of benzene rings is 3. The average molecular weight is 570 g/mol. The minimum atomic E-state index is -3.96. The van der Waals surface area contributed by atoms with Crippen molar-refractivity contribution in [1.29, 1.82) is 0 Å². The molecule has 0 radical (unpaired) electrons. The molecule has 9 heteroatoms. The average Bonchev–Trinajstić information content (AvgIpc) is 2.73. The molecule has 5 nitrogen and oxygen atoms in total. The highest BCUT2D eigenvalue weighted by Gasteiger charge is 2.27. The standard InChI is InChI=1S/C24H23BrCl2N2O3S/c1-15-4-7-20(8-5-15)33(31,32)29(13-18-6-9-21(26)22(27)12-18)14-23(30)28-24-16(2)10-19(25)11-17(24)3/h4-12H,13-14H2,1-3H3,(H,28,30). The number of hydrogen-bond donors (Lipinski definition) is 1. The molecule has 0 heterocycles. The summed E-state index contributed by atoms with van der Waals surface area (Å²) in [6.07, 6.45) is 0. The fraction of sp³-hybridized carbons (Fsp3) is 0.208. The number of carbonyl (C=O) groups excluding carboxylic acids is 1. The van der Waals surface area contributed by atoms with Crippen LogP contribution in [0, 0.1) is 20.8 Å². The number of nitrogens with one attached hydrogen (secondary N) is 1. The third-order valence-electron chi connectivity index (χ3n) is 5.08. The number of hydrogen-bond acceptors (Lipinski definition) is 3. The van der Waals surface area contributed by atoms with Crippen molar-refractivity contribution in [2.45, 2.75) is 32.2 Å². The first-order valence-corrected chi connectivity index (χ1v) is 13.0. The molecular formula is C24H23BrCl2N2O3S. The maximum atomic E-state index is 13.4. The Labute approximate surface area is 212 Å². The third-order valence-corrected chi connectivity index (χ3v) is 8.09. The lowest BCUT2D eigenvalue weighted by Crippen LogP contribution is -2.37. The molecule has 3 rings (SSSR count). The van der Waals surface area contributed by atoms with Crippen molar-refractivity contribution in [3.05, 3.63) is 91.4 Å². The summed E-state index contributed by atoms with van der Waals surface area (Å²) in [5.74, 6) is -0.445. The summed E-state index contributed by atoms with van der Waals surface area (Å²) in [4.78, 5) is 13.1. The first-order valence-electron chi connectivity index (χ1n) is 10.0. The molecule has 0 aromatic heterocycles. The van der Waals surface area contributed by atoms with E-state index in [1.54, 1.807) is 30.3 Å². The second-order valence-electron chi connectivity index (χ2n) is 7.80. The number of amides is 1. The van der Waals surface area contributed by atoms with Gasteiger partial charge in [-0.05, 0) is 73.9 Å². The molecule has 0 bridgehead atoms. The minimum Gasteiger partial charge on any atom is -0.324 e. The SMILES string of the molecule is Cc1ccc(S(=O)(=O)N(CC(=O)Nc2c(C)cc(Br)cc2C)Cc2ccc(Cl)c(Cl)c2)cc1. The van der Waals surface area contributed by atoms with Gasteiger partial charge in [0.25, 0.3) is 0 Å². The van der Waals surface area contributed by atoms with E-state index < -0.39 is 15.9 Å². The predicted molar refractivity (Wildman–Crippen MR) is 137 cm³/mol. The zero-order chi connectivity index (χ0) is 24.3. The van der Waals surface area contributed by atoms with Crippen LogP contribution in [-0.2, 0) is 21.4 Å². The molecule has 0 spiro atoms. The zero-order valence-corrected chi connectivity index (χ0v) is 22.2. The second kappa shape index (κ2) is 10.6. The van der Waals surface area contributed by atoms with Crippen molar-refractivity contribution in [3.63, 3.8) is 0 Å². The van der Waals surface area contributed by atoms with Gasteiger partial charge < -0.3 is 5.32 Å². The molecule has 3 aromatic carbocycles. The molecule has 1 N–H and O–H groups in total. The van der Waals surface area contributed by atoms with Gasteiger partial charge >= 0.3 is 0 Å². The van der Waals surface area contributed by atoms with Gasteiger partial charge in [-0.25, -0.2) is 8.42 Å². The van der Waals surface area contributed by atoms with Crippen LogP contribution >= 0.6 is 39.1 Å². The Morgan fingerprint density at radius 1 is 0.939 bits per heavy atom. The Bertz CT molecular complexity index is 1270. The molecule has 0 aliphatic heterocycles. The number of carbonyl (C=O) groups is 1. The summed E-state index contributed by atoms with van der Waals surface area (Å²) in [7, 11) is -3.96. The monoisotopic (exact) mass is 568 g/mol. The molecule has 33 heavy (non-hydrogen) atoms. The fourth-order valence-corrected chi connectivity index (χ4v) is 5.77. The van der Waals surface area contributed by atoms with Crippen molar-refractivity contribution in [2.75, 3.05) is 11.9 Å². The smallest absolute Gasteiger partial charge is 0.243 e. The van der Waals surface area contributed by atoms with Gasteiger partial charge in [0.2, 0.25) is 15.9 Å². The second-order valence-corrected chi connectivity index (χ2v) is 11.5. The summed E-state index contributed by atoms with van der Waals surface area (Å²) >= 11 is 15.6. The van der Waals surface area contributed by atoms with E-state index in [9.17, 15) is 13.2 Å². The molecular weight excluding hydrogens is 547 g/mol. The summed E-state index contributed by atoms with van der Waals surface area (Å²) in [6, 6.07) is 15.2. The summed E-state index contributed by atoms with van der Waals surface area (Å²) < 4.78 is 28.9. The lowest BCUT2D eigenvalue weighted by atomic mass is 10.1. The van der Waals surface area contributed by atoms with Crippen LogP contribution in [0.3, 0.4) is 0 Å². The van der Waals surface area contributed by atoms with Gasteiger partial charge in [-0.1, -0.05) is 62.9 Å². The van der Waals surface area contributed by atoms with Crippen molar-refractivity contribution in [2.24, 2.45) is 0 Å². The Kier molecular flexibility index (Phi) is 8.24. The molecule has 0 fully saturated rings. The van der Waals surface area contributed by atoms with Gasteiger partial charge in [0.05, 0.1) is 21.5 Å². The summed E-state index contributed by atoms with van der Waals surface area (Å²) in [5, 5.41) is 3.54. The molecule has 3 aromatic rings. The number of halogens is 3. The fourth-order valence-electron chi connectivity index (χ4n) is 3.37. The van der Waals surface area contributed by atoms with Crippen LogP contribution in [0.25, 0.3) is 0 Å². The molecule has 1 amide bonds. The molecule has 0 aliphatic carbocycles. The predicted octanol–water partition coefficient (Wildman–Crippen LogP) is 6.51. The van der Waals surface area contributed by atoms with Crippen molar-refractivity contribution in [3.8, 4) is 0 Å². The van der Waals surface area contributed by atoms with Crippen LogP contribution < -0.4 is 5.32 Å². The van der Waals surface area contributed by atoms with E-state index in [0.29, 0.717) is 21.3 Å². The molecule has 174 valence electrons. The Balaban J connectivity index is 1.93. The largest absolute Gasteiger partial charge is 0.324 e. The lowest BCUT2D eigenvalue weighted by Gasteiger charge is -2.23. The third kappa shape index (κ3) is 6.37. The number of anilines is 1.